The van der Waals surface area contributed by atoms with E-state index in [1.165, 1.54) is 30.5 Å². The quantitative estimate of drug-likeness (QED) is 0.830. The lowest BCUT2D eigenvalue weighted by atomic mass is 9.72. The second kappa shape index (κ2) is 5.22. The molecule has 2 aromatic rings. The van der Waals surface area contributed by atoms with Gasteiger partial charge in [0.2, 0.25) is 0 Å². The fraction of sp³-hybridized carbons (Fsp3) is 0.474. The van der Waals surface area contributed by atoms with E-state index in [4.69, 9.17) is 0 Å². The van der Waals surface area contributed by atoms with Crippen molar-refractivity contribution in [3.05, 3.63) is 42.4 Å². The van der Waals surface area contributed by atoms with Crippen LogP contribution < -0.4 is 9.80 Å². The highest BCUT2D eigenvalue weighted by atomic mass is 15.4. The summed E-state index contributed by atoms with van der Waals surface area (Å²) >= 11 is 0. The summed E-state index contributed by atoms with van der Waals surface area (Å²) in [5.41, 5.74) is 4.23. The van der Waals surface area contributed by atoms with Gasteiger partial charge in [0, 0.05) is 12.7 Å². The van der Waals surface area contributed by atoms with Crippen LogP contribution in [0.1, 0.15) is 45.1 Å². The summed E-state index contributed by atoms with van der Waals surface area (Å²) in [6, 6.07) is 8.93. The van der Waals surface area contributed by atoms with Crippen molar-refractivity contribution in [1.82, 2.24) is 9.97 Å². The van der Waals surface area contributed by atoms with E-state index in [1.807, 2.05) is 6.20 Å². The van der Waals surface area contributed by atoms with Crippen molar-refractivity contribution >= 4 is 17.2 Å². The summed E-state index contributed by atoms with van der Waals surface area (Å²) in [4.78, 5) is 13.6. The lowest BCUT2D eigenvalue weighted by Gasteiger charge is -2.33. The van der Waals surface area contributed by atoms with Gasteiger partial charge in [0.05, 0.1) is 6.20 Å². The van der Waals surface area contributed by atoms with Crippen LogP contribution in [0.25, 0.3) is 0 Å². The zero-order chi connectivity index (χ0) is 16.0. The number of fused-ring (bicyclic) bond motifs is 5. The molecule has 1 unspecified atom stereocenters. The average Bonchev–Trinajstić information content (AvgIpc) is 2.80. The maximum Gasteiger partial charge on any atom is 0.157 e. The van der Waals surface area contributed by atoms with Gasteiger partial charge < -0.3 is 9.80 Å². The SMILES string of the molecule is CCC1(CC)CCC2N(C)c3ncncc3N2c2ccccc21. The van der Waals surface area contributed by atoms with Gasteiger partial charge in [-0.1, -0.05) is 32.0 Å². The molecule has 0 N–H and O–H groups in total. The zero-order valence-corrected chi connectivity index (χ0v) is 14.2. The van der Waals surface area contributed by atoms with E-state index in [0.717, 1.165) is 17.9 Å². The van der Waals surface area contributed by atoms with Crippen LogP contribution in [0, 0.1) is 0 Å². The molecule has 1 aromatic heterocycles. The van der Waals surface area contributed by atoms with Crippen LogP contribution in [0.2, 0.25) is 0 Å². The van der Waals surface area contributed by atoms with Crippen LogP contribution in [0.4, 0.5) is 17.2 Å². The van der Waals surface area contributed by atoms with Gasteiger partial charge in [-0.25, -0.2) is 9.97 Å². The third-order valence-corrected chi connectivity index (χ3v) is 5.98. The van der Waals surface area contributed by atoms with Gasteiger partial charge in [0.1, 0.15) is 18.2 Å². The molecule has 23 heavy (non-hydrogen) atoms. The maximum absolute atomic E-state index is 4.52. The van der Waals surface area contributed by atoms with Gasteiger partial charge in [-0.2, -0.15) is 0 Å². The average molecular weight is 308 g/mol. The van der Waals surface area contributed by atoms with Gasteiger partial charge in [0.25, 0.3) is 0 Å². The monoisotopic (exact) mass is 308 g/mol. The Morgan fingerprint density at radius 2 is 1.96 bits per heavy atom. The van der Waals surface area contributed by atoms with Crippen molar-refractivity contribution in [3.8, 4) is 0 Å². The molecule has 0 radical (unpaired) electrons. The van der Waals surface area contributed by atoms with Crippen molar-refractivity contribution < 1.29 is 0 Å². The Balaban J connectivity index is 1.95. The number of rotatable bonds is 2. The molecule has 0 amide bonds. The van der Waals surface area contributed by atoms with E-state index in [-0.39, 0.29) is 5.41 Å². The number of nitrogens with zero attached hydrogens (tertiary/aromatic N) is 4. The van der Waals surface area contributed by atoms with E-state index in [1.54, 1.807) is 6.33 Å². The molecule has 1 aromatic carbocycles. The number of anilines is 3. The summed E-state index contributed by atoms with van der Waals surface area (Å²) < 4.78 is 0. The van der Waals surface area contributed by atoms with Crippen LogP contribution in [0.5, 0.6) is 0 Å². The third-order valence-electron chi connectivity index (χ3n) is 5.98. The van der Waals surface area contributed by atoms with Crippen molar-refractivity contribution in [1.29, 1.82) is 0 Å². The molecule has 0 bridgehead atoms. The highest BCUT2D eigenvalue weighted by molar-refractivity contribution is 5.82. The fourth-order valence-corrected chi connectivity index (χ4v) is 4.50. The molecule has 120 valence electrons. The van der Waals surface area contributed by atoms with E-state index in [9.17, 15) is 0 Å². The summed E-state index contributed by atoms with van der Waals surface area (Å²) in [7, 11) is 2.16. The number of benzene rings is 1. The molecule has 4 nitrogen and oxygen atoms in total. The number of aromatic nitrogens is 2. The minimum absolute atomic E-state index is 0.275. The molecule has 0 spiro atoms. The second-order valence-corrected chi connectivity index (χ2v) is 6.74. The Morgan fingerprint density at radius 3 is 2.74 bits per heavy atom. The summed E-state index contributed by atoms with van der Waals surface area (Å²) in [6.45, 7) is 4.66. The third kappa shape index (κ3) is 1.90. The molecule has 2 aliphatic rings. The largest absolute Gasteiger partial charge is 0.337 e. The van der Waals surface area contributed by atoms with E-state index in [2.05, 4.69) is 64.9 Å². The fourth-order valence-electron chi connectivity index (χ4n) is 4.50. The molecule has 0 aliphatic carbocycles. The molecule has 0 saturated carbocycles. The smallest absolute Gasteiger partial charge is 0.157 e. The van der Waals surface area contributed by atoms with E-state index < -0.39 is 0 Å². The Kier molecular flexibility index (Phi) is 3.29. The second-order valence-electron chi connectivity index (χ2n) is 6.74. The number of para-hydroxylation sites is 1. The summed E-state index contributed by atoms with van der Waals surface area (Å²) in [5.74, 6) is 1.04. The van der Waals surface area contributed by atoms with Gasteiger partial charge in [0.15, 0.2) is 5.82 Å². The van der Waals surface area contributed by atoms with E-state index >= 15 is 0 Å². The zero-order valence-electron chi connectivity index (χ0n) is 14.2. The molecular formula is C19H24N4. The number of hydrogen-bond acceptors (Lipinski definition) is 4. The molecule has 4 rings (SSSR count). The molecule has 2 aliphatic heterocycles. The Morgan fingerprint density at radius 1 is 1.17 bits per heavy atom. The van der Waals surface area contributed by atoms with Gasteiger partial charge in [-0.15, -0.1) is 0 Å². The molecular weight excluding hydrogens is 284 g/mol. The van der Waals surface area contributed by atoms with E-state index in [0.29, 0.717) is 6.17 Å². The van der Waals surface area contributed by atoms with Crippen LogP contribution >= 0.6 is 0 Å². The first-order valence-electron chi connectivity index (χ1n) is 8.63. The van der Waals surface area contributed by atoms with Crippen molar-refractivity contribution in [2.45, 2.75) is 51.1 Å². The highest BCUT2D eigenvalue weighted by Crippen LogP contribution is 2.51. The standard InChI is InChI=1S/C19H24N4/c1-4-19(5-2)11-10-17-22(3)18-16(12-20-13-21-18)23(17)15-9-7-6-8-14(15)19/h6-9,12-13,17H,4-5,10-11H2,1-3H3. The molecule has 4 heteroatoms. The topological polar surface area (TPSA) is 32.3 Å². The minimum Gasteiger partial charge on any atom is -0.337 e. The first-order valence-corrected chi connectivity index (χ1v) is 8.63. The first kappa shape index (κ1) is 14.5. The minimum atomic E-state index is 0.275. The number of hydrogen-bond donors (Lipinski definition) is 0. The first-order chi connectivity index (χ1) is 11.2. The molecule has 0 fully saturated rings. The predicted molar refractivity (Wildman–Crippen MR) is 94.3 cm³/mol. The highest BCUT2D eigenvalue weighted by Gasteiger charge is 2.43. The summed E-state index contributed by atoms with van der Waals surface area (Å²) in [5, 5.41) is 0. The maximum atomic E-state index is 4.52. The predicted octanol–water partition coefficient (Wildman–Crippen LogP) is 4.24. The Bertz CT molecular complexity index is 723. The van der Waals surface area contributed by atoms with Crippen molar-refractivity contribution in [2.75, 3.05) is 16.8 Å². The molecule has 3 heterocycles. The lowest BCUT2D eigenvalue weighted by molar-refractivity contribution is 0.353. The van der Waals surface area contributed by atoms with Crippen molar-refractivity contribution in [3.63, 3.8) is 0 Å². The summed E-state index contributed by atoms with van der Waals surface area (Å²) in [6.07, 6.45) is 8.66. The molecule has 1 atom stereocenters. The van der Waals surface area contributed by atoms with Gasteiger partial charge in [-0.05, 0) is 42.7 Å². The van der Waals surface area contributed by atoms with Gasteiger partial charge >= 0.3 is 0 Å². The Hall–Kier alpha value is -2.10. The van der Waals surface area contributed by atoms with Crippen LogP contribution in [0.3, 0.4) is 0 Å². The lowest BCUT2D eigenvalue weighted by Crippen LogP contribution is -2.38. The van der Waals surface area contributed by atoms with Crippen LogP contribution in [-0.4, -0.2) is 23.2 Å². The van der Waals surface area contributed by atoms with Gasteiger partial charge in [-0.3, -0.25) is 0 Å². The normalized spacial score (nSPS) is 21.4. The Labute approximate surface area is 138 Å². The molecule has 0 saturated heterocycles. The van der Waals surface area contributed by atoms with Crippen molar-refractivity contribution in [2.24, 2.45) is 0 Å². The van der Waals surface area contributed by atoms with Crippen LogP contribution in [0.15, 0.2) is 36.8 Å². The van der Waals surface area contributed by atoms with Crippen LogP contribution in [-0.2, 0) is 5.41 Å².